The van der Waals surface area contributed by atoms with Crippen molar-refractivity contribution in [3.8, 4) is 0 Å². The quantitative estimate of drug-likeness (QED) is 0.848. The molecule has 1 aromatic heterocycles. The molecule has 0 saturated carbocycles. The van der Waals surface area contributed by atoms with Gasteiger partial charge < -0.3 is 11.1 Å². The first-order chi connectivity index (χ1) is 7.95. The van der Waals surface area contributed by atoms with Gasteiger partial charge in [0.05, 0.1) is 6.04 Å². The second-order valence-electron chi connectivity index (χ2n) is 4.59. The number of aromatic nitrogens is 1. The van der Waals surface area contributed by atoms with Crippen LogP contribution in [0.5, 0.6) is 0 Å². The minimum absolute atomic E-state index is 0.103. The van der Waals surface area contributed by atoms with Crippen molar-refractivity contribution in [1.82, 2.24) is 10.3 Å². The van der Waals surface area contributed by atoms with Crippen molar-refractivity contribution in [2.75, 3.05) is 0 Å². The van der Waals surface area contributed by atoms with Crippen molar-refractivity contribution in [3.63, 3.8) is 0 Å². The average Bonchev–Trinajstić information content (AvgIpc) is 2.74. The third-order valence-electron chi connectivity index (χ3n) is 2.71. The Hall–Kier alpha value is -0.940. The van der Waals surface area contributed by atoms with Crippen LogP contribution >= 0.6 is 11.3 Å². The van der Waals surface area contributed by atoms with Crippen molar-refractivity contribution in [2.45, 2.75) is 46.2 Å². The zero-order valence-electron chi connectivity index (χ0n) is 10.9. The predicted molar refractivity (Wildman–Crippen MR) is 71.1 cm³/mol. The Kier molecular flexibility index (Phi) is 5.08. The van der Waals surface area contributed by atoms with E-state index in [9.17, 15) is 4.79 Å². The average molecular weight is 255 g/mol. The number of hydrogen-bond donors (Lipinski definition) is 2. The summed E-state index contributed by atoms with van der Waals surface area (Å²) in [6, 6.07) is 0.0802. The Morgan fingerprint density at radius 3 is 2.59 bits per heavy atom. The second kappa shape index (κ2) is 6.12. The molecule has 2 unspecified atom stereocenters. The third-order valence-corrected chi connectivity index (χ3v) is 3.75. The molecule has 4 nitrogen and oxygen atoms in total. The van der Waals surface area contributed by atoms with E-state index in [4.69, 9.17) is 5.73 Å². The summed E-state index contributed by atoms with van der Waals surface area (Å²) in [4.78, 5) is 16.2. The van der Waals surface area contributed by atoms with Gasteiger partial charge in [-0.1, -0.05) is 20.8 Å². The van der Waals surface area contributed by atoms with E-state index in [1.807, 2.05) is 6.92 Å². The highest BCUT2D eigenvalue weighted by molar-refractivity contribution is 7.09. The molecule has 0 fully saturated rings. The van der Waals surface area contributed by atoms with Crippen LogP contribution in [-0.2, 0) is 0 Å². The predicted octanol–water partition coefficient (Wildman–Crippen LogP) is 2.33. The number of nitrogens with one attached hydrogen (secondary N) is 1. The lowest BCUT2D eigenvalue weighted by molar-refractivity contribution is 0.0920. The lowest BCUT2D eigenvalue weighted by atomic mass is 10.0. The van der Waals surface area contributed by atoms with E-state index >= 15 is 0 Å². The monoisotopic (exact) mass is 255 g/mol. The Morgan fingerprint density at radius 1 is 1.53 bits per heavy atom. The van der Waals surface area contributed by atoms with E-state index in [1.54, 1.807) is 5.38 Å². The molecule has 17 heavy (non-hydrogen) atoms. The van der Waals surface area contributed by atoms with Crippen LogP contribution in [0, 0.1) is 5.92 Å². The maximum absolute atomic E-state index is 11.9. The van der Waals surface area contributed by atoms with Crippen LogP contribution in [0.25, 0.3) is 0 Å². The van der Waals surface area contributed by atoms with Gasteiger partial charge in [0.25, 0.3) is 5.91 Å². The van der Waals surface area contributed by atoms with Gasteiger partial charge in [0.15, 0.2) is 0 Å². The van der Waals surface area contributed by atoms with Crippen molar-refractivity contribution in [1.29, 1.82) is 0 Å². The first-order valence-corrected chi connectivity index (χ1v) is 6.85. The van der Waals surface area contributed by atoms with Crippen molar-refractivity contribution in [2.24, 2.45) is 11.7 Å². The molecule has 0 aromatic carbocycles. The van der Waals surface area contributed by atoms with Gasteiger partial charge in [0.2, 0.25) is 0 Å². The molecule has 0 aliphatic rings. The molecule has 1 aromatic rings. The van der Waals surface area contributed by atoms with Gasteiger partial charge in [-0.3, -0.25) is 4.79 Å². The first-order valence-electron chi connectivity index (χ1n) is 5.97. The van der Waals surface area contributed by atoms with Crippen LogP contribution in [-0.4, -0.2) is 16.9 Å². The molecular formula is C12H21N3OS. The van der Waals surface area contributed by atoms with Crippen LogP contribution < -0.4 is 11.1 Å². The van der Waals surface area contributed by atoms with Gasteiger partial charge in [0.1, 0.15) is 10.7 Å². The number of carbonyl (C=O) groups is 1. The van der Waals surface area contributed by atoms with Crippen LogP contribution in [0.3, 0.4) is 0 Å². The maximum atomic E-state index is 11.9. The number of thiazole rings is 1. The van der Waals surface area contributed by atoms with Gasteiger partial charge >= 0.3 is 0 Å². The van der Waals surface area contributed by atoms with E-state index in [2.05, 4.69) is 31.1 Å². The van der Waals surface area contributed by atoms with Crippen molar-refractivity contribution < 1.29 is 4.79 Å². The van der Waals surface area contributed by atoms with Crippen LogP contribution in [0.2, 0.25) is 0 Å². The summed E-state index contributed by atoms with van der Waals surface area (Å²) >= 11 is 1.43. The van der Waals surface area contributed by atoms with Crippen LogP contribution in [0.15, 0.2) is 5.38 Å². The molecule has 96 valence electrons. The molecule has 0 radical (unpaired) electrons. The Labute approximate surface area is 107 Å². The molecule has 5 heteroatoms. The van der Waals surface area contributed by atoms with Gasteiger partial charge in [-0.05, 0) is 19.3 Å². The molecule has 1 rings (SSSR count). The fourth-order valence-corrected chi connectivity index (χ4v) is 2.34. The minimum Gasteiger partial charge on any atom is -0.348 e. The highest BCUT2D eigenvalue weighted by atomic mass is 32.1. The highest BCUT2D eigenvalue weighted by Crippen LogP contribution is 2.16. The third kappa shape index (κ3) is 3.78. The van der Waals surface area contributed by atoms with E-state index in [-0.39, 0.29) is 18.0 Å². The topological polar surface area (TPSA) is 68.0 Å². The molecule has 0 bridgehead atoms. The Morgan fingerprint density at radius 2 is 2.18 bits per heavy atom. The molecule has 1 amide bonds. The molecule has 0 saturated heterocycles. The van der Waals surface area contributed by atoms with E-state index < -0.39 is 0 Å². The fraction of sp³-hybridized carbons (Fsp3) is 0.667. The molecule has 1 heterocycles. The SMILES string of the molecule is CCC(NC(=O)c1csc(C(C)N)n1)C(C)C. The number of hydrogen-bond acceptors (Lipinski definition) is 4. The molecule has 0 spiro atoms. The molecule has 0 aliphatic carbocycles. The zero-order chi connectivity index (χ0) is 13.0. The second-order valence-corrected chi connectivity index (χ2v) is 5.48. The summed E-state index contributed by atoms with van der Waals surface area (Å²) in [6.45, 7) is 8.13. The van der Waals surface area contributed by atoms with Crippen molar-refractivity contribution >= 4 is 17.2 Å². The number of amides is 1. The normalized spacial score (nSPS) is 14.7. The Balaban J connectivity index is 2.69. The molecule has 0 aliphatic heterocycles. The van der Waals surface area contributed by atoms with Gasteiger partial charge in [-0.15, -0.1) is 11.3 Å². The van der Waals surface area contributed by atoms with Gasteiger partial charge in [-0.2, -0.15) is 0 Å². The van der Waals surface area contributed by atoms with Crippen LogP contribution in [0.4, 0.5) is 0 Å². The molecule has 3 N–H and O–H groups in total. The molecule has 2 atom stereocenters. The van der Waals surface area contributed by atoms with Gasteiger partial charge in [0, 0.05) is 11.4 Å². The number of nitrogens with two attached hydrogens (primary N) is 1. The molecular weight excluding hydrogens is 234 g/mol. The fourth-order valence-electron chi connectivity index (χ4n) is 1.58. The number of nitrogens with zero attached hydrogens (tertiary/aromatic N) is 1. The lowest BCUT2D eigenvalue weighted by Gasteiger charge is -2.19. The summed E-state index contributed by atoms with van der Waals surface area (Å²) in [7, 11) is 0. The van der Waals surface area contributed by atoms with E-state index in [0.29, 0.717) is 11.6 Å². The first kappa shape index (κ1) is 14.1. The number of carbonyl (C=O) groups excluding carboxylic acids is 1. The smallest absolute Gasteiger partial charge is 0.270 e. The van der Waals surface area contributed by atoms with E-state index in [0.717, 1.165) is 11.4 Å². The highest BCUT2D eigenvalue weighted by Gasteiger charge is 2.17. The van der Waals surface area contributed by atoms with E-state index in [1.165, 1.54) is 11.3 Å². The largest absolute Gasteiger partial charge is 0.348 e. The summed E-state index contributed by atoms with van der Waals surface area (Å²) < 4.78 is 0. The lowest BCUT2D eigenvalue weighted by Crippen LogP contribution is -2.38. The minimum atomic E-state index is -0.117. The summed E-state index contributed by atoms with van der Waals surface area (Å²) in [6.07, 6.45) is 0.924. The van der Waals surface area contributed by atoms with Crippen LogP contribution in [0.1, 0.15) is 55.7 Å². The Bertz CT molecular complexity index is 374. The number of rotatable bonds is 5. The summed E-state index contributed by atoms with van der Waals surface area (Å²) in [5.41, 5.74) is 6.19. The summed E-state index contributed by atoms with van der Waals surface area (Å²) in [5, 5.41) is 5.56. The zero-order valence-corrected chi connectivity index (χ0v) is 11.7. The summed E-state index contributed by atoms with van der Waals surface area (Å²) in [5.74, 6) is 0.323. The van der Waals surface area contributed by atoms with Crippen molar-refractivity contribution in [3.05, 3.63) is 16.1 Å². The maximum Gasteiger partial charge on any atom is 0.270 e. The van der Waals surface area contributed by atoms with Gasteiger partial charge in [-0.25, -0.2) is 4.98 Å². The standard InChI is InChI=1S/C12H21N3OS/c1-5-9(7(2)3)14-11(16)10-6-17-12(15-10)8(4)13/h6-9H,5,13H2,1-4H3,(H,14,16).